The van der Waals surface area contributed by atoms with E-state index < -0.39 is 30.0 Å². The maximum Gasteiger partial charge on any atom is 0.272 e. The minimum Gasteiger partial charge on any atom is -0.301 e. The molecule has 0 aliphatic carbocycles. The Morgan fingerprint density at radius 1 is 1.43 bits per heavy atom. The van der Waals surface area contributed by atoms with Gasteiger partial charge in [0.15, 0.2) is 19.2 Å². The Kier molecular flexibility index (Phi) is 4.62. The standard InChI is InChI=1S/C10H13ClN2O5S3/c1-6-9(21(11,17)18)19-10(12-6)13-8(14)7-4-2-3-5-20(7,15)16/h7H,2-5H2,1H3,(H,12,13,14). The molecule has 1 amide bonds. The average molecular weight is 373 g/mol. The van der Waals surface area contributed by atoms with Crippen LogP contribution in [0.3, 0.4) is 0 Å². The van der Waals surface area contributed by atoms with Crippen LogP contribution in [0, 0.1) is 6.92 Å². The summed E-state index contributed by atoms with van der Waals surface area (Å²) in [5.74, 6) is -0.689. The Bertz CT molecular complexity index is 769. The van der Waals surface area contributed by atoms with Crippen LogP contribution in [0.4, 0.5) is 5.13 Å². The van der Waals surface area contributed by atoms with E-state index in [4.69, 9.17) is 10.7 Å². The molecular formula is C10H13ClN2O5S3. The second kappa shape index (κ2) is 5.82. The van der Waals surface area contributed by atoms with Crippen LogP contribution in [0.15, 0.2) is 4.21 Å². The van der Waals surface area contributed by atoms with Gasteiger partial charge < -0.3 is 5.32 Å². The van der Waals surface area contributed by atoms with Gasteiger partial charge in [0, 0.05) is 10.7 Å². The van der Waals surface area contributed by atoms with Gasteiger partial charge in [-0.15, -0.1) is 0 Å². The molecule has 21 heavy (non-hydrogen) atoms. The van der Waals surface area contributed by atoms with E-state index in [-0.39, 0.29) is 27.2 Å². The fourth-order valence-electron chi connectivity index (χ4n) is 2.10. The third-order valence-electron chi connectivity index (χ3n) is 3.08. The Morgan fingerprint density at radius 2 is 2.10 bits per heavy atom. The van der Waals surface area contributed by atoms with E-state index in [0.717, 1.165) is 0 Å². The fraction of sp³-hybridized carbons (Fsp3) is 0.600. The number of nitrogens with one attached hydrogen (secondary N) is 1. The molecule has 0 aromatic carbocycles. The average Bonchev–Trinajstić information content (AvgIpc) is 2.69. The molecule has 2 heterocycles. The summed E-state index contributed by atoms with van der Waals surface area (Å²) in [6.07, 6.45) is 1.48. The first kappa shape index (κ1) is 16.7. The summed E-state index contributed by atoms with van der Waals surface area (Å²) in [6.45, 7) is 1.44. The number of carbonyl (C=O) groups is 1. The quantitative estimate of drug-likeness (QED) is 0.800. The Labute approximate surface area is 131 Å². The van der Waals surface area contributed by atoms with Gasteiger partial charge in [0.2, 0.25) is 5.91 Å². The van der Waals surface area contributed by atoms with Crippen molar-refractivity contribution >= 4 is 51.9 Å². The number of nitrogens with zero attached hydrogens (tertiary/aromatic N) is 1. The molecule has 2 rings (SSSR count). The first-order valence-electron chi connectivity index (χ1n) is 6.06. The molecule has 1 aliphatic rings. The molecule has 0 radical (unpaired) electrons. The normalized spacial score (nSPS) is 21.9. The number of hydrogen-bond acceptors (Lipinski definition) is 7. The molecule has 0 saturated carbocycles. The summed E-state index contributed by atoms with van der Waals surface area (Å²) in [7, 11) is -2.15. The van der Waals surface area contributed by atoms with Gasteiger partial charge >= 0.3 is 0 Å². The monoisotopic (exact) mass is 372 g/mol. The summed E-state index contributed by atoms with van der Waals surface area (Å²) >= 11 is 0.701. The van der Waals surface area contributed by atoms with Crippen LogP contribution in [0.25, 0.3) is 0 Å². The zero-order chi connectivity index (χ0) is 15.8. The van der Waals surface area contributed by atoms with Crippen molar-refractivity contribution in [3.63, 3.8) is 0 Å². The molecule has 1 aromatic heterocycles. The second-order valence-electron chi connectivity index (χ2n) is 4.67. The topological polar surface area (TPSA) is 110 Å². The molecule has 1 aromatic rings. The molecule has 118 valence electrons. The minimum absolute atomic E-state index is 0.0106. The number of amides is 1. The Balaban J connectivity index is 2.21. The van der Waals surface area contributed by atoms with E-state index in [1.54, 1.807) is 0 Å². The van der Waals surface area contributed by atoms with Crippen molar-refractivity contribution in [2.24, 2.45) is 0 Å². The number of carbonyl (C=O) groups excluding carboxylic acids is 1. The van der Waals surface area contributed by atoms with Crippen LogP contribution in [0.5, 0.6) is 0 Å². The van der Waals surface area contributed by atoms with Crippen LogP contribution >= 0.6 is 22.0 Å². The van der Waals surface area contributed by atoms with Crippen molar-refractivity contribution in [2.75, 3.05) is 11.1 Å². The van der Waals surface area contributed by atoms with E-state index in [0.29, 0.717) is 24.2 Å². The van der Waals surface area contributed by atoms with E-state index in [1.165, 1.54) is 6.92 Å². The van der Waals surface area contributed by atoms with Crippen molar-refractivity contribution in [3.8, 4) is 0 Å². The molecule has 1 atom stereocenters. The first-order valence-corrected chi connectivity index (χ1v) is 10.9. The summed E-state index contributed by atoms with van der Waals surface area (Å²) in [4.78, 5) is 15.9. The predicted molar refractivity (Wildman–Crippen MR) is 79.9 cm³/mol. The molecule has 11 heteroatoms. The molecule has 0 spiro atoms. The second-order valence-corrected chi connectivity index (χ2v) is 10.7. The summed E-state index contributed by atoms with van der Waals surface area (Å²) in [6, 6.07) is 0. The van der Waals surface area contributed by atoms with Gasteiger partial charge in [-0.3, -0.25) is 4.79 Å². The van der Waals surface area contributed by atoms with Crippen LogP contribution < -0.4 is 5.32 Å². The van der Waals surface area contributed by atoms with Gasteiger partial charge in [0.05, 0.1) is 11.4 Å². The zero-order valence-electron chi connectivity index (χ0n) is 11.0. The number of halogens is 1. The highest BCUT2D eigenvalue weighted by atomic mass is 35.7. The molecule has 0 bridgehead atoms. The Hall–Kier alpha value is -0.710. The maximum absolute atomic E-state index is 12.0. The van der Waals surface area contributed by atoms with Gasteiger partial charge in [-0.25, -0.2) is 21.8 Å². The maximum atomic E-state index is 12.0. The highest BCUT2D eigenvalue weighted by Crippen LogP contribution is 2.30. The van der Waals surface area contributed by atoms with Crippen molar-refractivity contribution in [1.82, 2.24) is 4.98 Å². The smallest absolute Gasteiger partial charge is 0.272 e. The first-order chi connectivity index (χ1) is 9.61. The molecular weight excluding hydrogens is 360 g/mol. The lowest BCUT2D eigenvalue weighted by Crippen LogP contribution is -2.39. The lowest BCUT2D eigenvalue weighted by atomic mass is 10.2. The van der Waals surface area contributed by atoms with Gasteiger partial charge in [-0.05, 0) is 19.8 Å². The van der Waals surface area contributed by atoms with Crippen LogP contribution in [0.2, 0.25) is 0 Å². The number of hydrogen-bond donors (Lipinski definition) is 1. The Morgan fingerprint density at radius 3 is 2.62 bits per heavy atom. The summed E-state index contributed by atoms with van der Waals surface area (Å²) in [5, 5.41) is 1.29. The zero-order valence-corrected chi connectivity index (χ0v) is 14.2. The van der Waals surface area contributed by atoms with Gasteiger partial charge in [0.1, 0.15) is 5.25 Å². The molecule has 1 aliphatic heterocycles. The number of thiazole rings is 1. The third-order valence-corrected chi connectivity index (χ3v) is 8.50. The summed E-state index contributed by atoms with van der Waals surface area (Å²) < 4.78 is 46.1. The number of aromatic nitrogens is 1. The molecule has 1 N–H and O–H groups in total. The number of rotatable bonds is 3. The number of sulfone groups is 1. The lowest BCUT2D eigenvalue weighted by Gasteiger charge is -2.20. The predicted octanol–water partition coefficient (Wildman–Crippen LogP) is 1.28. The van der Waals surface area contributed by atoms with Crippen molar-refractivity contribution in [2.45, 2.75) is 35.6 Å². The van der Waals surface area contributed by atoms with Crippen molar-refractivity contribution < 1.29 is 21.6 Å². The lowest BCUT2D eigenvalue weighted by molar-refractivity contribution is -0.116. The van der Waals surface area contributed by atoms with Gasteiger partial charge in [-0.2, -0.15) is 0 Å². The van der Waals surface area contributed by atoms with Crippen LogP contribution in [-0.2, 0) is 23.7 Å². The van der Waals surface area contributed by atoms with Crippen molar-refractivity contribution in [3.05, 3.63) is 5.69 Å². The van der Waals surface area contributed by atoms with E-state index in [1.807, 2.05) is 0 Å². The highest BCUT2D eigenvalue weighted by Gasteiger charge is 2.35. The molecule has 1 unspecified atom stereocenters. The van der Waals surface area contributed by atoms with Gasteiger partial charge in [-0.1, -0.05) is 17.8 Å². The fourth-order valence-corrected chi connectivity index (χ4v) is 6.25. The highest BCUT2D eigenvalue weighted by molar-refractivity contribution is 8.15. The van der Waals surface area contributed by atoms with Crippen LogP contribution in [0.1, 0.15) is 25.0 Å². The largest absolute Gasteiger partial charge is 0.301 e. The molecule has 7 nitrogen and oxygen atoms in total. The van der Waals surface area contributed by atoms with E-state index >= 15 is 0 Å². The molecule has 1 saturated heterocycles. The van der Waals surface area contributed by atoms with E-state index in [2.05, 4.69) is 10.3 Å². The van der Waals surface area contributed by atoms with Crippen molar-refractivity contribution in [1.29, 1.82) is 0 Å². The van der Waals surface area contributed by atoms with Crippen LogP contribution in [-0.4, -0.2) is 38.7 Å². The SMILES string of the molecule is Cc1nc(NC(=O)C2CCCCS2(=O)=O)sc1S(=O)(=O)Cl. The summed E-state index contributed by atoms with van der Waals surface area (Å²) in [5.41, 5.74) is 0.164. The molecule has 1 fully saturated rings. The van der Waals surface area contributed by atoms with Gasteiger partial charge in [0.25, 0.3) is 9.05 Å². The number of aryl methyl sites for hydroxylation is 1. The minimum atomic E-state index is -3.94. The number of anilines is 1. The third kappa shape index (κ3) is 3.74. The van der Waals surface area contributed by atoms with E-state index in [9.17, 15) is 21.6 Å².